The van der Waals surface area contributed by atoms with Crippen molar-refractivity contribution in [3.63, 3.8) is 0 Å². The van der Waals surface area contributed by atoms with E-state index in [0.29, 0.717) is 12.2 Å². The lowest BCUT2D eigenvalue weighted by Crippen LogP contribution is -2.57. The second-order valence-electron chi connectivity index (χ2n) is 3.62. The summed E-state index contributed by atoms with van der Waals surface area (Å²) in [5, 5.41) is 21.2. The molecular formula is C9H17NO3S. The summed E-state index contributed by atoms with van der Waals surface area (Å²) in [6, 6.07) is -0.107. The van der Waals surface area contributed by atoms with Crippen LogP contribution in [-0.4, -0.2) is 45.9 Å². The molecule has 1 aliphatic heterocycles. The first-order chi connectivity index (χ1) is 6.64. The molecule has 1 aliphatic rings. The molecule has 1 fully saturated rings. The van der Waals surface area contributed by atoms with E-state index in [2.05, 4.69) is 5.32 Å². The molecule has 0 aromatic carbocycles. The van der Waals surface area contributed by atoms with Gasteiger partial charge in [-0.25, -0.2) is 0 Å². The minimum atomic E-state index is -0.811. The first-order valence-electron chi connectivity index (χ1n) is 4.84. The molecule has 1 heterocycles. The van der Waals surface area contributed by atoms with Gasteiger partial charge in [0.1, 0.15) is 5.54 Å². The minimum Gasteiger partial charge on any atom is -0.480 e. The van der Waals surface area contributed by atoms with Crippen LogP contribution in [-0.2, 0) is 4.79 Å². The van der Waals surface area contributed by atoms with Gasteiger partial charge in [0, 0.05) is 11.8 Å². The molecule has 5 heteroatoms. The van der Waals surface area contributed by atoms with Crippen LogP contribution in [0, 0.1) is 0 Å². The standard InChI is InChI=1S/C9H17NO3S/c1-2-7(5-11)10-9(8(12)13)3-4-14-6-9/h7,10-11H,2-6H2,1H3,(H,12,13). The zero-order valence-corrected chi connectivity index (χ0v) is 9.14. The van der Waals surface area contributed by atoms with Gasteiger partial charge in [0.25, 0.3) is 0 Å². The molecule has 1 rings (SSSR count). The van der Waals surface area contributed by atoms with Gasteiger partial charge in [-0.15, -0.1) is 0 Å². The maximum Gasteiger partial charge on any atom is 0.324 e. The third-order valence-electron chi connectivity index (χ3n) is 2.62. The van der Waals surface area contributed by atoms with Crippen molar-refractivity contribution in [2.45, 2.75) is 31.3 Å². The third-order valence-corrected chi connectivity index (χ3v) is 3.81. The van der Waals surface area contributed by atoms with Crippen LogP contribution in [0.25, 0.3) is 0 Å². The topological polar surface area (TPSA) is 69.6 Å². The fourth-order valence-electron chi connectivity index (χ4n) is 1.58. The number of aliphatic hydroxyl groups is 1. The highest BCUT2D eigenvalue weighted by Crippen LogP contribution is 2.28. The van der Waals surface area contributed by atoms with Crippen LogP contribution >= 0.6 is 11.8 Å². The molecular weight excluding hydrogens is 202 g/mol. The number of thioether (sulfide) groups is 1. The van der Waals surface area contributed by atoms with Crippen LogP contribution in [0.2, 0.25) is 0 Å². The Kier molecular flexibility index (Phi) is 4.22. The Hall–Kier alpha value is -0.260. The summed E-state index contributed by atoms with van der Waals surface area (Å²) in [6.45, 7) is 1.93. The minimum absolute atomic E-state index is 0.00377. The highest BCUT2D eigenvalue weighted by molar-refractivity contribution is 7.99. The second-order valence-corrected chi connectivity index (χ2v) is 4.73. The van der Waals surface area contributed by atoms with E-state index in [1.165, 1.54) is 0 Å². The van der Waals surface area contributed by atoms with E-state index in [9.17, 15) is 4.79 Å². The molecule has 0 aromatic heterocycles. The van der Waals surface area contributed by atoms with Crippen LogP contribution in [0.15, 0.2) is 0 Å². The molecule has 82 valence electrons. The molecule has 0 amide bonds. The highest BCUT2D eigenvalue weighted by atomic mass is 32.2. The summed E-state index contributed by atoms with van der Waals surface area (Å²) < 4.78 is 0. The van der Waals surface area contributed by atoms with Crippen molar-refractivity contribution in [3.8, 4) is 0 Å². The Balaban J connectivity index is 2.64. The number of carboxylic acids is 1. The Morgan fingerprint density at radius 3 is 2.79 bits per heavy atom. The fourth-order valence-corrected chi connectivity index (χ4v) is 2.91. The summed E-state index contributed by atoms with van der Waals surface area (Å²) in [5.74, 6) is 0.675. The molecule has 0 bridgehead atoms. The Labute approximate surface area is 88.1 Å². The lowest BCUT2D eigenvalue weighted by Gasteiger charge is -2.29. The van der Waals surface area contributed by atoms with Crippen molar-refractivity contribution < 1.29 is 15.0 Å². The summed E-state index contributed by atoms with van der Waals surface area (Å²) in [5.41, 5.74) is -0.811. The fraction of sp³-hybridized carbons (Fsp3) is 0.889. The molecule has 2 atom stereocenters. The van der Waals surface area contributed by atoms with Crippen molar-refractivity contribution in [1.82, 2.24) is 5.32 Å². The van der Waals surface area contributed by atoms with Gasteiger partial charge in [-0.1, -0.05) is 6.92 Å². The first kappa shape index (κ1) is 11.8. The van der Waals surface area contributed by atoms with Crippen LogP contribution in [0.4, 0.5) is 0 Å². The number of hydrogen-bond donors (Lipinski definition) is 3. The maximum absolute atomic E-state index is 11.1. The van der Waals surface area contributed by atoms with E-state index in [1.54, 1.807) is 11.8 Å². The lowest BCUT2D eigenvalue weighted by atomic mass is 9.97. The Morgan fingerprint density at radius 2 is 2.43 bits per heavy atom. The summed E-state index contributed by atoms with van der Waals surface area (Å²) in [4.78, 5) is 11.1. The predicted molar refractivity (Wildman–Crippen MR) is 56.6 cm³/mol. The number of nitrogens with one attached hydrogen (secondary N) is 1. The van der Waals surface area contributed by atoms with Crippen molar-refractivity contribution in [2.75, 3.05) is 18.1 Å². The molecule has 0 radical (unpaired) electrons. The van der Waals surface area contributed by atoms with E-state index in [4.69, 9.17) is 10.2 Å². The van der Waals surface area contributed by atoms with Crippen LogP contribution < -0.4 is 5.32 Å². The molecule has 4 nitrogen and oxygen atoms in total. The van der Waals surface area contributed by atoms with Crippen LogP contribution in [0.5, 0.6) is 0 Å². The van der Waals surface area contributed by atoms with Gasteiger partial charge in [-0.2, -0.15) is 11.8 Å². The number of rotatable bonds is 5. The van der Waals surface area contributed by atoms with E-state index in [1.807, 2.05) is 6.92 Å². The molecule has 0 saturated carbocycles. The monoisotopic (exact) mass is 219 g/mol. The normalized spacial score (nSPS) is 29.0. The quantitative estimate of drug-likeness (QED) is 0.621. The number of carboxylic acid groups (broad SMARTS) is 1. The van der Waals surface area contributed by atoms with Gasteiger partial charge in [0.2, 0.25) is 0 Å². The Bertz CT molecular complexity index is 200. The van der Waals surface area contributed by atoms with Crippen LogP contribution in [0.3, 0.4) is 0 Å². The van der Waals surface area contributed by atoms with Gasteiger partial charge >= 0.3 is 5.97 Å². The molecule has 0 spiro atoms. The second kappa shape index (κ2) is 5.00. The molecule has 0 aromatic rings. The van der Waals surface area contributed by atoms with E-state index < -0.39 is 11.5 Å². The number of aliphatic hydroxyl groups excluding tert-OH is 1. The molecule has 2 unspecified atom stereocenters. The van der Waals surface area contributed by atoms with E-state index in [-0.39, 0.29) is 12.6 Å². The van der Waals surface area contributed by atoms with Crippen LogP contribution in [0.1, 0.15) is 19.8 Å². The van der Waals surface area contributed by atoms with Gasteiger partial charge in [0.05, 0.1) is 6.61 Å². The third kappa shape index (κ3) is 2.40. The van der Waals surface area contributed by atoms with Gasteiger partial charge in [-0.05, 0) is 18.6 Å². The smallest absolute Gasteiger partial charge is 0.324 e. The van der Waals surface area contributed by atoms with Crippen molar-refractivity contribution >= 4 is 17.7 Å². The average Bonchev–Trinajstić information content (AvgIpc) is 2.64. The van der Waals surface area contributed by atoms with Gasteiger partial charge in [0.15, 0.2) is 0 Å². The average molecular weight is 219 g/mol. The van der Waals surface area contributed by atoms with Gasteiger partial charge in [-0.3, -0.25) is 10.1 Å². The largest absolute Gasteiger partial charge is 0.480 e. The lowest BCUT2D eigenvalue weighted by molar-refractivity contribution is -0.144. The van der Waals surface area contributed by atoms with Crippen molar-refractivity contribution in [2.24, 2.45) is 0 Å². The summed E-state index contributed by atoms with van der Waals surface area (Å²) >= 11 is 1.65. The summed E-state index contributed by atoms with van der Waals surface area (Å²) in [6.07, 6.45) is 1.39. The van der Waals surface area contributed by atoms with E-state index in [0.717, 1.165) is 12.2 Å². The molecule has 3 N–H and O–H groups in total. The summed E-state index contributed by atoms with van der Waals surface area (Å²) in [7, 11) is 0. The molecule has 1 saturated heterocycles. The molecule has 0 aliphatic carbocycles. The van der Waals surface area contributed by atoms with Crippen molar-refractivity contribution in [3.05, 3.63) is 0 Å². The number of carbonyl (C=O) groups is 1. The Morgan fingerprint density at radius 1 is 1.71 bits per heavy atom. The zero-order chi connectivity index (χ0) is 10.6. The van der Waals surface area contributed by atoms with Crippen molar-refractivity contribution in [1.29, 1.82) is 0 Å². The number of hydrogen-bond acceptors (Lipinski definition) is 4. The predicted octanol–water partition coefficient (Wildman–Crippen LogP) is 0.307. The van der Waals surface area contributed by atoms with Gasteiger partial charge < -0.3 is 10.2 Å². The SMILES string of the molecule is CCC(CO)NC1(C(=O)O)CCSC1. The zero-order valence-electron chi connectivity index (χ0n) is 8.32. The van der Waals surface area contributed by atoms with E-state index >= 15 is 0 Å². The first-order valence-corrected chi connectivity index (χ1v) is 6.00. The number of aliphatic carboxylic acids is 1. The molecule has 14 heavy (non-hydrogen) atoms. The maximum atomic E-state index is 11.1. The highest BCUT2D eigenvalue weighted by Gasteiger charge is 2.42.